The van der Waals surface area contributed by atoms with Crippen molar-refractivity contribution < 1.29 is 9.53 Å². The van der Waals surface area contributed by atoms with Gasteiger partial charge in [0.25, 0.3) is 0 Å². The highest BCUT2D eigenvalue weighted by Crippen LogP contribution is 2.23. The molecule has 2 unspecified atom stereocenters. The third kappa shape index (κ3) is 3.83. The minimum absolute atomic E-state index is 0.311. The van der Waals surface area contributed by atoms with Gasteiger partial charge in [-0.2, -0.15) is 0 Å². The maximum Gasteiger partial charge on any atom is 0.354 e. The molecular weight excluding hydrogens is 240 g/mol. The predicted molar refractivity (Wildman–Crippen MR) is 75.0 cm³/mol. The summed E-state index contributed by atoms with van der Waals surface area (Å²) in [6.45, 7) is 3.11. The van der Waals surface area contributed by atoms with E-state index in [0.717, 1.165) is 18.2 Å². The molecule has 2 atom stereocenters. The molecule has 1 saturated carbocycles. The monoisotopic (exact) mass is 264 g/mol. The van der Waals surface area contributed by atoms with Gasteiger partial charge in [0.15, 0.2) is 0 Å². The molecule has 19 heavy (non-hydrogen) atoms. The summed E-state index contributed by atoms with van der Waals surface area (Å²) < 4.78 is 4.69. The lowest BCUT2D eigenvalue weighted by Crippen LogP contribution is -2.33. The van der Waals surface area contributed by atoms with Gasteiger partial charge in [0, 0.05) is 18.3 Å². The van der Waals surface area contributed by atoms with Crippen LogP contribution in [0.4, 0.5) is 0 Å². The number of carbonyl (C=O) groups excluding carboxylic acids is 1. The Labute approximate surface area is 114 Å². The largest absolute Gasteiger partial charge is 0.464 e. The van der Waals surface area contributed by atoms with Gasteiger partial charge in [-0.1, -0.05) is 26.2 Å². The standard InChI is InChI=1S/C15H24N2O2/c1-11-6-4-3-5-7-13(11)16-10-12-8-9-14(17-12)15(18)19-2/h8-9,11,13,16-17H,3-7,10H2,1-2H3. The molecule has 106 valence electrons. The molecule has 1 aliphatic rings. The third-order valence-electron chi connectivity index (χ3n) is 4.07. The topological polar surface area (TPSA) is 54.1 Å². The fraction of sp³-hybridized carbons (Fsp3) is 0.667. The van der Waals surface area contributed by atoms with Gasteiger partial charge in [0.05, 0.1) is 7.11 Å². The van der Waals surface area contributed by atoms with Crippen LogP contribution in [0.25, 0.3) is 0 Å². The van der Waals surface area contributed by atoms with Gasteiger partial charge in [-0.05, 0) is 30.9 Å². The zero-order valence-electron chi connectivity index (χ0n) is 11.9. The number of carbonyl (C=O) groups is 1. The van der Waals surface area contributed by atoms with Gasteiger partial charge in [-0.25, -0.2) is 4.79 Å². The average Bonchev–Trinajstić information content (AvgIpc) is 2.80. The van der Waals surface area contributed by atoms with Gasteiger partial charge in [-0.15, -0.1) is 0 Å². The molecule has 0 radical (unpaired) electrons. The number of hydrogen-bond donors (Lipinski definition) is 2. The highest BCUT2D eigenvalue weighted by atomic mass is 16.5. The normalized spacial score (nSPS) is 23.9. The smallest absolute Gasteiger partial charge is 0.354 e. The van der Waals surface area contributed by atoms with Crippen molar-refractivity contribution in [2.24, 2.45) is 5.92 Å². The number of aromatic amines is 1. The molecule has 4 nitrogen and oxygen atoms in total. The molecule has 1 aromatic rings. The van der Waals surface area contributed by atoms with E-state index in [1.165, 1.54) is 39.2 Å². The molecule has 0 bridgehead atoms. The van der Waals surface area contributed by atoms with Gasteiger partial charge in [0.2, 0.25) is 0 Å². The average molecular weight is 264 g/mol. The quantitative estimate of drug-likeness (QED) is 0.649. The maximum absolute atomic E-state index is 11.4. The van der Waals surface area contributed by atoms with Crippen molar-refractivity contribution in [1.82, 2.24) is 10.3 Å². The molecule has 4 heteroatoms. The third-order valence-corrected chi connectivity index (χ3v) is 4.07. The van der Waals surface area contributed by atoms with E-state index in [-0.39, 0.29) is 5.97 Å². The fourth-order valence-corrected chi connectivity index (χ4v) is 2.81. The van der Waals surface area contributed by atoms with E-state index in [2.05, 4.69) is 22.0 Å². The van der Waals surface area contributed by atoms with E-state index in [0.29, 0.717) is 11.7 Å². The summed E-state index contributed by atoms with van der Waals surface area (Å²) in [6.07, 6.45) is 6.60. The van der Waals surface area contributed by atoms with Crippen LogP contribution < -0.4 is 5.32 Å². The first-order valence-electron chi connectivity index (χ1n) is 7.20. The number of hydrogen-bond acceptors (Lipinski definition) is 3. The Bertz CT molecular complexity index is 414. The van der Waals surface area contributed by atoms with Crippen molar-refractivity contribution in [2.75, 3.05) is 7.11 Å². The van der Waals surface area contributed by atoms with E-state index < -0.39 is 0 Å². The van der Waals surface area contributed by atoms with Crippen LogP contribution in [0, 0.1) is 5.92 Å². The van der Waals surface area contributed by atoms with E-state index in [4.69, 9.17) is 0 Å². The summed E-state index contributed by atoms with van der Waals surface area (Å²) in [4.78, 5) is 14.5. The molecule has 0 saturated heterocycles. The number of H-pyrrole nitrogens is 1. The Hall–Kier alpha value is -1.29. The summed E-state index contributed by atoms with van der Waals surface area (Å²) in [7, 11) is 1.40. The first-order chi connectivity index (χ1) is 9.20. The number of nitrogens with one attached hydrogen (secondary N) is 2. The summed E-state index contributed by atoms with van der Waals surface area (Å²) in [5, 5.41) is 3.61. The lowest BCUT2D eigenvalue weighted by molar-refractivity contribution is 0.0594. The lowest BCUT2D eigenvalue weighted by atomic mass is 9.97. The Kier molecular flexibility index (Phi) is 5.02. The highest BCUT2D eigenvalue weighted by Gasteiger charge is 2.19. The van der Waals surface area contributed by atoms with Crippen molar-refractivity contribution in [2.45, 2.75) is 51.6 Å². The molecule has 0 spiro atoms. The summed E-state index contributed by atoms with van der Waals surface area (Å²) in [5.41, 5.74) is 1.56. The van der Waals surface area contributed by atoms with Crippen LogP contribution in [0.1, 0.15) is 55.2 Å². The first-order valence-corrected chi connectivity index (χ1v) is 7.20. The van der Waals surface area contributed by atoms with E-state index >= 15 is 0 Å². The highest BCUT2D eigenvalue weighted by molar-refractivity contribution is 5.87. The second kappa shape index (κ2) is 6.75. The second-order valence-electron chi connectivity index (χ2n) is 5.49. The summed E-state index contributed by atoms with van der Waals surface area (Å²) in [6, 6.07) is 4.31. The summed E-state index contributed by atoms with van der Waals surface area (Å²) in [5.74, 6) is 0.423. The van der Waals surface area contributed by atoms with Crippen molar-refractivity contribution >= 4 is 5.97 Å². The van der Waals surface area contributed by atoms with E-state index in [1.54, 1.807) is 6.07 Å². The molecule has 1 fully saturated rings. The lowest BCUT2D eigenvalue weighted by Gasteiger charge is -2.22. The molecule has 1 heterocycles. The Morgan fingerprint density at radius 3 is 2.95 bits per heavy atom. The van der Waals surface area contributed by atoms with E-state index in [1.807, 2.05) is 6.07 Å². The maximum atomic E-state index is 11.4. The van der Waals surface area contributed by atoms with Crippen molar-refractivity contribution in [3.05, 3.63) is 23.5 Å². The SMILES string of the molecule is COC(=O)c1ccc(CNC2CCCCCC2C)[nH]1. The molecule has 0 aliphatic heterocycles. The minimum atomic E-state index is -0.311. The molecule has 0 amide bonds. The zero-order chi connectivity index (χ0) is 13.7. The van der Waals surface area contributed by atoms with Crippen molar-refractivity contribution in [3.63, 3.8) is 0 Å². The van der Waals surface area contributed by atoms with Crippen LogP contribution in [-0.4, -0.2) is 24.1 Å². The number of esters is 1. The number of aromatic nitrogens is 1. The van der Waals surface area contributed by atoms with Gasteiger partial charge < -0.3 is 15.0 Å². The Balaban J connectivity index is 1.87. The number of methoxy groups -OCH3 is 1. The van der Waals surface area contributed by atoms with Crippen LogP contribution >= 0.6 is 0 Å². The van der Waals surface area contributed by atoms with Crippen LogP contribution in [0.3, 0.4) is 0 Å². The second-order valence-corrected chi connectivity index (χ2v) is 5.49. The van der Waals surface area contributed by atoms with Gasteiger partial charge in [0.1, 0.15) is 5.69 Å². The zero-order valence-corrected chi connectivity index (χ0v) is 11.9. The van der Waals surface area contributed by atoms with Crippen LogP contribution in [0.5, 0.6) is 0 Å². The molecular formula is C15H24N2O2. The molecule has 2 rings (SSSR count). The minimum Gasteiger partial charge on any atom is -0.464 e. The predicted octanol–water partition coefficient (Wildman–Crippen LogP) is 2.86. The van der Waals surface area contributed by atoms with Crippen LogP contribution in [-0.2, 0) is 11.3 Å². The van der Waals surface area contributed by atoms with Crippen molar-refractivity contribution in [3.8, 4) is 0 Å². The summed E-state index contributed by atoms with van der Waals surface area (Å²) >= 11 is 0. The van der Waals surface area contributed by atoms with Gasteiger partial charge in [-0.3, -0.25) is 0 Å². The fourth-order valence-electron chi connectivity index (χ4n) is 2.81. The first kappa shape index (κ1) is 14.1. The molecule has 1 aliphatic carbocycles. The molecule has 1 aromatic heterocycles. The van der Waals surface area contributed by atoms with Crippen LogP contribution in [0.2, 0.25) is 0 Å². The van der Waals surface area contributed by atoms with Crippen molar-refractivity contribution in [1.29, 1.82) is 0 Å². The van der Waals surface area contributed by atoms with E-state index in [9.17, 15) is 4.79 Å². The Morgan fingerprint density at radius 2 is 2.16 bits per heavy atom. The molecule has 2 N–H and O–H groups in total. The number of rotatable bonds is 4. The molecule has 0 aromatic carbocycles. The number of ether oxygens (including phenoxy) is 1. The Morgan fingerprint density at radius 1 is 1.37 bits per heavy atom. The van der Waals surface area contributed by atoms with Crippen LogP contribution in [0.15, 0.2) is 12.1 Å². The van der Waals surface area contributed by atoms with Gasteiger partial charge >= 0.3 is 5.97 Å².